The van der Waals surface area contributed by atoms with Gasteiger partial charge < -0.3 is 9.02 Å². The van der Waals surface area contributed by atoms with Gasteiger partial charge in [0, 0.05) is 18.5 Å². The second-order valence-electron chi connectivity index (χ2n) is 3.44. The Morgan fingerprint density at radius 2 is 2.00 bits per heavy atom. The second-order valence-corrected chi connectivity index (χ2v) is 4.44. The molecule has 0 bridgehead atoms. The lowest BCUT2D eigenvalue weighted by atomic mass is 10.3. The fourth-order valence-corrected chi connectivity index (χ4v) is 1.56. The first kappa shape index (κ1) is 16.2. The van der Waals surface area contributed by atoms with Gasteiger partial charge in [0.25, 0.3) is 5.91 Å². The van der Waals surface area contributed by atoms with Crippen molar-refractivity contribution >= 4 is 23.9 Å². The van der Waals surface area contributed by atoms with Crippen molar-refractivity contribution < 1.29 is 18.6 Å². The molecule has 0 spiro atoms. The molecule has 1 amide bonds. The molecule has 0 aromatic rings. The van der Waals surface area contributed by atoms with Crippen LogP contribution in [-0.2, 0) is 18.6 Å². The molecule has 1 N–H and O–H groups in total. The Kier molecular flexibility index (Phi) is 9.95. The maximum Gasteiger partial charge on any atom is 0.332 e. The van der Waals surface area contributed by atoms with Crippen molar-refractivity contribution in [3.05, 3.63) is 0 Å². The third kappa shape index (κ3) is 8.04. The van der Waals surface area contributed by atoms with Gasteiger partial charge in [-0.05, 0) is 19.8 Å². The van der Waals surface area contributed by atoms with Crippen LogP contribution in [0.25, 0.3) is 0 Å². The predicted molar refractivity (Wildman–Crippen MR) is 67.1 cm³/mol. The van der Waals surface area contributed by atoms with Gasteiger partial charge in [-0.2, -0.15) is 5.48 Å². The lowest BCUT2D eigenvalue weighted by Gasteiger charge is -2.12. The van der Waals surface area contributed by atoms with E-state index in [1.54, 1.807) is 0 Å². The number of hydrogen-bond acceptors (Lipinski definition) is 5. The van der Waals surface area contributed by atoms with Gasteiger partial charge in [0.15, 0.2) is 0 Å². The SMILES string of the molecule is CCCCC(=O)ONC(=O)C(CC)SOCC. The molecule has 5 nitrogen and oxygen atoms in total. The molecule has 0 aliphatic heterocycles. The normalized spacial score (nSPS) is 11.9. The third-order valence-corrected chi connectivity index (χ3v) is 3.12. The van der Waals surface area contributed by atoms with Gasteiger partial charge in [0.05, 0.1) is 6.61 Å². The summed E-state index contributed by atoms with van der Waals surface area (Å²) in [5.41, 5.74) is 2.16. The summed E-state index contributed by atoms with van der Waals surface area (Å²) < 4.78 is 5.09. The highest BCUT2D eigenvalue weighted by molar-refractivity contribution is 7.96. The van der Waals surface area contributed by atoms with Gasteiger partial charge in [-0.1, -0.05) is 20.3 Å². The molecule has 1 atom stereocenters. The molecule has 0 radical (unpaired) electrons. The van der Waals surface area contributed by atoms with E-state index >= 15 is 0 Å². The summed E-state index contributed by atoms with van der Waals surface area (Å²) in [6, 6.07) is 0. The van der Waals surface area contributed by atoms with Crippen molar-refractivity contribution in [3.63, 3.8) is 0 Å². The Labute approximate surface area is 107 Å². The first-order valence-electron chi connectivity index (χ1n) is 5.93. The van der Waals surface area contributed by atoms with Crippen LogP contribution in [0.15, 0.2) is 0 Å². The monoisotopic (exact) mass is 263 g/mol. The molecular formula is C11H21NO4S. The van der Waals surface area contributed by atoms with E-state index in [4.69, 9.17) is 4.18 Å². The molecule has 6 heteroatoms. The fraction of sp³-hybridized carbons (Fsp3) is 0.818. The molecule has 0 aliphatic carbocycles. The van der Waals surface area contributed by atoms with Crippen molar-refractivity contribution in [2.75, 3.05) is 6.61 Å². The molecule has 0 aromatic carbocycles. The van der Waals surface area contributed by atoms with Crippen molar-refractivity contribution in [2.24, 2.45) is 0 Å². The molecule has 100 valence electrons. The number of amides is 1. The summed E-state index contributed by atoms with van der Waals surface area (Å²) in [6.45, 7) is 6.24. The lowest BCUT2D eigenvalue weighted by molar-refractivity contribution is -0.158. The number of unbranched alkanes of at least 4 members (excludes halogenated alkanes) is 1. The Hall–Kier alpha value is -0.750. The number of nitrogens with one attached hydrogen (secondary N) is 1. The third-order valence-electron chi connectivity index (χ3n) is 1.97. The smallest absolute Gasteiger partial charge is 0.332 e. The highest BCUT2D eigenvalue weighted by atomic mass is 32.2. The summed E-state index contributed by atoms with van der Waals surface area (Å²) in [4.78, 5) is 27.4. The van der Waals surface area contributed by atoms with Gasteiger partial charge in [-0.25, -0.2) is 4.79 Å². The number of carbonyl (C=O) groups is 2. The van der Waals surface area contributed by atoms with E-state index in [1.807, 2.05) is 20.8 Å². The number of hydroxylamine groups is 1. The average molecular weight is 263 g/mol. The Morgan fingerprint density at radius 3 is 2.53 bits per heavy atom. The van der Waals surface area contributed by atoms with Crippen LogP contribution in [0.2, 0.25) is 0 Å². The van der Waals surface area contributed by atoms with Crippen LogP contribution in [0, 0.1) is 0 Å². The first-order chi connectivity index (χ1) is 8.15. The molecule has 0 heterocycles. The van der Waals surface area contributed by atoms with Crippen LogP contribution < -0.4 is 5.48 Å². The molecule has 0 saturated carbocycles. The van der Waals surface area contributed by atoms with Crippen LogP contribution >= 0.6 is 12.0 Å². The van der Waals surface area contributed by atoms with Crippen molar-refractivity contribution in [3.8, 4) is 0 Å². The van der Waals surface area contributed by atoms with Gasteiger partial charge in [0.2, 0.25) is 0 Å². The summed E-state index contributed by atoms with van der Waals surface area (Å²) in [5, 5.41) is -0.353. The van der Waals surface area contributed by atoms with E-state index in [1.165, 1.54) is 0 Å². The molecule has 0 rings (SSSR count). The first-order valence-corrected chi connectivity index (χ1v) is 6.73. The summed E-state index contributed by atoms with van der Waals surface area (Å²) in [7, 11) is 0. The van der Waals surface area contributed by atoms with Gasteiger partial charge in [0.1, 0.15) is 5.25 Å². The standard InChI is InChI=1S/C11H21NO4S/c1-4-7-8-10(13)16-12-11(14)9(5-2)17-15-6-3/h9H,4-8H2,1-3H3,(H,12,14). The molecule has 0 saturated heterocycles. The Balaban J connectivity index is 3.85. The summed E-state index contributed by atoms with van der Waals surface area (Å²) >= 11 is 1.10. The van der Waals surface area contributed by atoms with Gasteiger partial charge in [-0.15, -0.1) is 0 Å². The van der Waals surface area contributed by atoms with E-state index in [0.29, 0.717) is 19.4 Å². The maximum atomic E-state index is 11.6. The van der Waals surface area contributed by atoms with Crippen molar-refractivity contribution in [1.29, 1.82) is 0 Å². The van der Waals surface area contributed by atoms with E-state index in [0.717, 1.165) is 24.9 Å². The quantitative estimate of drug-likeness (QED) is 0.537. The van der Waals surface area contributed by atoms with Gasteiger partial charge in [-0.3, -0.25) is 4.79 Å². The zero-order valence-electron chi connectivity index (χ0n) is 10.7. The van der Waals surface area contributed by atoms with Crippen LogP contribution in [-0.4, -0.2) is 23.7 Å². The second kappa shape index (κ2) is 10.4. The number of hydrogen-bond donors (Lipinski definition) is 1. The molecule has 1 unspecified atom stereocenters. The van der Waals surface area contributed by atoms with Crippen molar-refractivity contribution in [2.45, 2.75) is 51.7 Å². The molecule has 0 aromatic heterocycles. The number of carbonyl (C=O) groups excluding carboxylic acids is 2. The minimum atomic E-state index is -0.406. The average Bonchev–Trinajstić information content (AvgIpc) is 2.34. The van der Waals surface area contributed by atoms with Crippen LogP contribution in [0.5, 0.6) is 0 Å². The minimum absolute atomic E-state index is 0.326. The van der Waals surface area contributed by atoms with E-state index in [2.05, 4.69) is 10.3 Å². The van der Waals surface area contributed by atoms with E-state index < -0.39 is 5.97 Å². The summed E-state index contributed by atoms with van der Waals surface area (Å²) in [6.07, 6.45) is 2.62. The molecule has 17 heavy (non-hydrogen) atoms. The highest BCUT2D eigenvalue weighted by Gasteiger charge is 2.19. The Morgan fingerprint density at radius 1 is 1.29 bits per heavy atom. The number of rotatable bonds is 8. The molecular weight excluding hydrogens is 242 g/mol. The molecule has 0 aliphatic rings. The van der Waals surface area contributed by atoms with Crippen LogP contribution in [0.4, 0.5) is 0 Å². The largest absolute Gasteiger partial charge is 0.341 e. The van der Waals surface area contributed by atoms with Gasteiger partial charge >= 0.3 is 5.97 Å². The predicted octanol–water partition coefficient (Wildman–Crippen LogP) is 2.21. The van der Waals surface area contributed by atoms with E-state index in [9.17, 15) is 9.59 Å². The maximum absolute atomic E-state index is 11.6. The molecule has 0 fully saturated rings. The van der Waals surface area contributed by atoms with Crippen LogP contribution in [0.1, 0.15) is 46.5 Å². The lowest BCUT2D eigenvalue weighted by Crippen LogP contribution is -2.34. The zero-order chi connectivity index (χ0) is 13.1. The van der Waals surface area contributed by atoms with Crippen molar-refractivity contribution in [1.82, 2.24) is 5.48 Å². The summed E-state index contributed by atoms with van der Waals surface area (Å²) in [5.74, 6) is -0.743. The highest BCUT2D eigenvalue weighted by Crippen LogP contribution is 2.15. The minimum Gasteiger partial charge on any atom is -0.341 e. The fourth-order valence-electron chi connectivity index (χ4n) is 0.992. The Bertz CT molecular complexity index is 236. The zero-order valence-corrected chi connectivity index (χ0v) is 11.5. The topological polar surface area (TPSA) is 64.6 Å². The van der Waals surface area contributed by atoms with E-state index in [-0.39, 0.29) is 11.2 Å². The van der Waals surface area contributed by atoms with Crippen LogP contribution in [0.3, 0.4) is 0 Å².